The van der Waals surface area contributed by atoms with Gasteiger partial charge in [-0.25, -0.2) is 9.59 Å². The molecule has 168 valence electrons. The minimum atomic E-state index is -0.524. The molecule has 2 atom stereocenters. The van der Waals surface area contributed by atoms with Crippen LogP contribution in [0.15, 0.2) is 0 Å². The van der Waals surface area contributed by atoms with Crippen LogP contribution >= 0.6 is 34.2 Å². The molecule has 0 aromatic rings. The van der Waals surface area contributed by atoms with E-state index < -0.39 is 12.2 Å². The van der Waals surface area contributed by atoms with Gasteiger partial charge in [-0.2, -0.15) is 12.6 Å². The molecule has 0 N–H and O–H groups in total. The van der Waals surface area contributed by atoms with Gasteiger partial charge in [-0.1, -0.05) is 21.6 Å². The molecule has 0 amide bonds. The Morgan fingerprint density at radius 3 is 1.68 bits per heavy atom. The van der Waals surface area contributed by atoms with Crippen LogP contribution in [0.4, 0.5) is 0 Å². The van der Waals surface area contributed by atoms with Crippen molar-refractivity contribution in [1.82, 2.24) is 0 Å². The molecule has 11 heteroatoms. The third-order valence-corrected chi connectivity index (χ3v) is 4.88. The fraction of sp³-hybridized carbons (Fsp3) is 0.882. The lowest BCUT2D eigenvalue weighted by atomic mass is 10.4. The summed E-state index contributed by atoms with van der Waals surface area (Å²) in [6.45, 7) is 6.41. The Bertz CT molecular complexity index is 374. The van der Waals surface area contributed by atoms with Crippen LogP contribution in [0.25, 0.3) is 0 Å². The largest absolute Gasteiger partial charge is 0.467 e. The van der Waals surface area contributed by atoms with E-state index in [9.17, 15) is 9.59 Å². The molecule has 0 aliphatic heterocycles. The van der Waals surface area contributed by atoms with Crippen molar-refractivity contribution < 1.29 is 38.0 Å². The summed E-state index contributed by atoms with van der Waals surface area (Å²) in [6.07, 6.45) is 0.995. The molecule has 8 nitrogen and oxygen atoms in total. The lowest BCUT2D eigenvalue weighted by Gasteiger charge is -2.10. The zero-order valence-corrected chi connectivity index (χ0v) is 19.9. The summed E-state index contributed by atoms with van der Waals surface area (Å²) in [5.41, 5.74) is 0. The van der Waals surface area contributed by atoms with Gasteiger partial charge in [0.15, 0.2) is 12.2 Å². The molecule has 0 unspecified atom stereocenters. The van der Waals surface area contributed by atoms with E-state index >= 15 is 0 Å². The highest BCUT2D eigenvalue weighted by Gasteiger charge is 2.13. The first kappa shape index (κ1) is 30.0. The molecule has 0 aliphatic carbocycles. The molecular weight excluding hydrogens is 428 g/mol. The van der Waals surface area contributed by atoms with E-state index in [4.69, 9.17) is 18.9 Å². The molecule has 0 spiro atoms. The molecule has 28 heavy (non-hydrogen) atoms. The van der Waals surface area contributed by atoms with Gasteiger partial charge >= 0.3 is 11.9 Å². The number of thiol groups is 1. The number of ether oxygens (including phenoxy) is 6. The maximum Gasteiger partial charge on any atom is 0.334 e. The minimum absolute atomic E-state index is 0.354. The maximum atomic E-state index is 10.9. The first-order valence-corrected chi connectivity index (χ1v) is 12.1. The van der Waals surface area contributed by atoms with Gasteiger partial charge in [0.2, 0.25) is 0 Å². The fourth-order valence-electron chi connectivity index (χ4n) is 1.48. The second-order valence-electron chi connectivity index (χ2n) is 5.01. The predicted octanol–water partition coefficient (Wildman–Crippen LogP) is 2.10. The van der Waals surface area contributed by atoms with Gasteiger partial charge in [0.25, 0.3) is 0 Å². The molecule has 0 aromatic heterocycles. The van der Waals surface area contributed by atoms with Crippen LogP contribution in [0.2, 0.25) is 0 Å². The van der Waals surface area contributed by atoms with Gasteiger partial charge in [0.05, 0.1) is 53.9 Å². The summed E-state index contributed by atoms with van der Waals surface area (Å²) in [5.74, 6) is 0.933. The van der Waals surface area contributed by atoms with Crippen LogP contribution in [-0.2, 0) is 38.0 Å². The third kappa shape index (κ3) is 20.6. The Hall–Kier alpha value is -0.170. The molecule has 0 fully saturated rings. The van der Waals surface area contributed by atoms with E-state index in [1.807, 2.05) is 6.26 Å². The molecule has 0 radical (unpaired) electrons. The van der Waals surface area contributed by atoms with Crippen LogP contribution < -0.4 is 0 Å². The second-order valence-corrected chi connectivity index (χ2v) is 8.14. The number of carbonyl (C=O) groups excluding carboxylic acids is 2. The van der Waals surface area contributed by atoms with E-state index in [1.165, 1.54) is 14.2 Å². The molecule has 0 aromatic carbocycles. The zero-order valence-electron chi connectivity index (χ0n) is 17.3. The minimum Gasteiger partial charge on any atom is -0.467 e. The number of rotatable bonds is 16. The van der Waals surface area contributed by atoms with Crippen molar-refractivity contribution in [3.05, 3.63) is 0 Å². The monoisotopic (exact) mass is 462 g/mol. The number of carbonyl (C=O) groups is 2. The van der Waals surface area contributed by atoms with Gasteiger partial charge in [-0.3, -0.25) is 0 Å². The topological polar surface area (TPSA) is 89.5 Å². The van der Waals surface area contributed by atoms with Crippen LogP contribution in [0.5, 0.6) is 0 Å². The van der Waals surface area contributed by atoms with Crippen molar-refractivity contribution in [3.8, 4) is 0 Å². The predicted molar refractivity (Wildman–Crippen MR) is 116 cm³/mol. The number of esters is 2. The zero-order chi connectivity index (χ0) is 21.6. The van der Waals surface area contributed by atoms with E-state index in [0.29, 0.717) is 45.4 Å². The first-order chi connectivity index (χ1) is 13.4. The highest BCUT2D eigenvalue weighted by molar-refractivity contribution is 8.76. The highest BCUT2D eigenvalue weighted by atomic mass is 33.1. The Kier molecular flexibility index (Phi) is 24.8. The van der Waals surface area contributed by atoms with Crippen molar-refractivity contribution in [3.63, 3.8) is 0 Å². The Labute approximate surface area is 181 Å². The van der Waals surface area contributed by atoms with Crippen molar-refractivity contribution in [2.45, 2.75) is 26.1 Å². The highest BCUT2D eigenvalue weighted by Crippen LogP contribution is 2.15. The Morgan fingerprint density at radius 2 is 1.29 bits per heavy atom. The van der Waals surface area contributed by atoms with Crippen LogP contribution in [0.3, 0.4) is 0 Å². The SMILES string of the molecule is COC(=O)[C@H](C)OCCOCCS.COC(=O)[C@H](C)OCCOCCSSC. The van der Waals surface area contributed by atoms with Crippen LogP contribution in [0.1, 0.15) is 13.8 Å². The second kappa shape index (κ2) is 23.1. The molecular formula is C17H34O8S3. The van der Waals surface area contributed by atoms with E-state index in [0.717, 1.165) is 5.75 Å². The number of methoxy groups -OCH3 is 2. The fourth-order valence-corrected chi connectivity index (χ4v) is 2.67. The van der Waals surface area contributed by atoms with E-state index in [-0.39, 0.29) is 11.9 Å². The summed E-state index contributed by atoms with van der Waals surface area (Å²) in [6, 6.07) is 0. The lowest BCUT2D eigenvalue weighted by Crippen LogP contribution is -2.23. The van der Waals surface area contributed by atoms with Crippen molar-refractivity contribution in [1.29, 1.82) is 0 Å². The molecule has 0 rings (SSSR count). The number of hydrogen-bond donors (Lipinski definition) is 1. The van der Waals surface area contributed by atoms with Crippen molar-refractivity contribution >= 4 is 46.2 Å². The molecule has 0 heterocycles. The van der Waals surface area contributed by atoms with Crippen molar-refractivity contribution in [2.75, 3.05) is 71.6 Å². The smallest absolute Gasteiger partial charge is 0.334 e. The van der Waals surface area contributed by atoms with Gasteiger partial charge in [0, 0.05) is 11.5 Å². The van der Waals surface area contributed by atoms with Gasteiger partial charge in [-0.15, -0.1) is 0 Å². The average molecular weight is 463 g/mol. The summed E-state index contributed by atoms with van der Waals surface area (Å²) >= 11 is 3.97. The van der Waals surface area contributed by atoms with Gasteiger partial charge in [-0.05, 0) is 20.1 Å². The summed E-state index contributed by atoms with van der Waals surface area (Å²) in [4.78, 5) is 21.8. The molecule has 0 saturated heterocycles. The van der Waals surface area contributed by atoms with Gasteiger partial charge in [0.1, 0.15) is 0 Å². The summed E-state index contributed by atoms with van der Waals surface area (Å²) in [5, 5.41) is 0. The Morgan fingerprint density at radius 1 is 0.821 bits per heavy atom. The number of hydrogen-bond acceptors (Lipinski definition) is 11. The third-order valence-electron chi connectivity index (χ3n) is 2.92. The average Bonchev–Trinajstić information content (AvgIpc) is 2.71. The lowest BCUT2D eigenvalue weighted by molar-refractivity contribution is -0.154. The standard InChI is InChI=1S/C9H18O4S2.C8H16O4S/c1-8(9(10)11-2)13-5-4-12-6-7-15-14-3;1-7(8(9)10-2)12-4-3-11-5-6-13/h8H,4-7H2,1-3H3;7,13H,3-6H2,1-2H3/t8-;7-/m00/s1. The normalized spacial score (nSPS) is 12.5. The molecule has 0 aliphatic rings. The quantitative estimate of drug-likeness (QED) is 0.159. The summed E-state index contributed by atoms with van der Waals surface area (Å²) < 4.78 is 29.7. The summed E-state index contributed by atoms with van der Waals surface area (Å²) in [7, 11) is 6.16. The van der Waals surface area contributed by atoms with E-state index in [2.05, 4.69) is 22.1 Å². The molecule has 0 bridgehead atoms. The van der Waals surface area contributed by atoms with Crippen LogP contribution in [0, 0.1) is 0 Å². The van der Waals surface area contributed by atoms with Crippen molar-refractivity contribution in [2.24, 2.45) is 0 Å². The molecule has 0 saturated carbocycles. The first-order valence-electron chi connectivity index (χ1n) is 8.75. The van der Waals surface area contributed by atoms with Crippen LogP contribution in [-0.4, -0.2) is 95.8 Å². The van der Waals surface area contributed by atoms with E-state index in [1.54, 1.807) is 35.4 Å². The van der Waals surface area contributed by atoms with Gasteiger partial charge < -0.3 is 28.4 Å². The Balaban J connectivity index is 0. The maximum absolute atomic E-state index is 10.9.